The van der Waals surface area contributed by atoms with Crippen molar-refractivity contribution in [2.24, 2.45) is 0 Å². The largest absolute Gasteiger partial charge is 0.379 e. The summed E-state index contributed by atoms with van der Waals surface area (Å²) in [7, 11) is 0. The van der Waals surface area contributed by atoms with Gasteiger partial charge < -0.3 is 9.47 Å². The van der Waals surface area contributed by atoms with Crippen LogP contribution in [0, 0.1) is 0 Å². The Bertz CT molecular complexity index is 91.8. The average Bonchev–Trinajstić information content (AvgIpc) is 2.00. The Hall–Kier alpha value is -0.0800. The zero-order valence-corrected chi connectivity index (χ0v) is 8.80. The summed E-state index contributed by atoms with van der Waals surface area (Å²) in [5, 5.41) is 0. The maximum Gasteiger partial charge on any atom is 0.0568 e. The van der Waals surface area contributed by atoms with Gasteiger partial charge in [0.05, 0.1) is 12.2 Å². The molecular formula is C10H22O2. The Balaban J connectivity index is 3.13. The molecule has 2 heteroatoms. The fraction of sp³-hybridized carbons (Fsp3) is 1.00. The van der Waals surface area contributed by atoms with Crippen molar-refractivity contribution in [3.8, 4) is 0 Å². The Morgan fingerprint density at radius 2 is 1.67 bits per heavy atom. The highest BCUT2D eigenvalue weighted by Gasteiger charge is 2.01. The summed E-state index contributed by atoms with van der Waals surface area (Å²) in [5.41, 5.74) is 0. The lowest BCUT2D eigenvalue weighted by Crippen LogP contribution is -2.14. The molecule has 0 aliphatic heterocycles. The van der Waals surface area contributed by atoms with Crippen LogP contribution in [0.5, 0.6) is 0 Å². The number of rotatable bonds is 7. The molecule has 0 rings (SSSR count). The lowest BCUT2D eigenvalue weighted by atomic mass is 10.3. The van der Waals surface area contributed by atoms with Gasteiger partial charge in [0.2, 0.25) is 0 Å². The molecule has 2 nitrogen and oxygen atoms in total. The van der Waals surface area contributed by atoms with Crippen LogP contribution in [0.1, 0.15) is 40.5 Å². The summed E-state index contributed by atoms with van der Waals surface area (Å²) in [4.78, 5) is 0. The van der Waals surface area contributed by atoms with Crippen LogP contribution < -0.4 is 0 Å². The van der Waals surface area contributed by atoms with Gasteiger partial charge in [0.25, 0.3) is 0 Å². The average molecular weight is 174 g/mol. The first-order valence-electron chi connectivity index (χ1n) is 4.90. The first kappa shape index (κ1) is 11.9. The van der Waals surface area contributed by atoms with Crippen LogP contribution in [-0.2, 0) is 9.47 Å². The van der Waals surface area contributed by atoms with E-state index in [9.17, 15) is 0 Å². The molecule has 0 N–H and O–H groups in total. The Labute approximate surface area is 76.3 Å². The van der Waals surface area contributed by atoms with E-state index in [1.54, 1.807) is 0 Å². The van der Waals surface area contributed by atoms with Crippen LogP contribution >= 0.6 is 0 Å². The molecule has 0 saturated carbocycles. The molecule has 0 heterocycles. The maximum absolute atomic E-state index is 5.49. The number of hydrogen-bond acceptors (Lipinski definition) is 2. The van der Waals surface area contributed by atoms with Gasteiger partial charge in [-0.2, -0.15) is 0 Å². The van der Waals surface area contributed by atoms with Crippen LogP contribution in [0.15, 0.2) is 0 Å². The van der Waals surface area contributed by atoms with E-state index in [1.165, 1.54) is 0 Å². The topological polar surface area (TPSA) is 18.5 Å². The minimum atomic E-state index is 0.336. The maximum atomic E-state index is 5.49. The normalized spacial score (nSPS) is 13.8. The fourth-order valence-corrected chi connectivity index (χ4v) is 0.872. The molecular weight excluding hydrogens is 152 g/mol. The highest BCUT2D eigenvalue weighted by Crippen LogP contribution is 2.00. The monoisotopic (exact) mass is 174 g/mol. The van der Waals surface area contributed by atoms with Gasteiger partial charge in [0, 0.05) is 13.2 Å². The molecule has 1 atom stereocenters. The van der Waals surface area contributed by atoms with Crippen molar-refractivity contribution < 1.29 is 9.47 Å². The van der Waals surface area contributed by atoms with E-state index in [-0.39, 0.29) is 0 Å². The van der Waals surface area contributed by atoms with E-state index >= 15 is 0 Å². The minimum Gasteiger partial charge on any atom is -0.379 e. The molecule has 0 aromatic heterocycles. The summed E-state index contributed by atoms with van der Waals surface area (Å²) in [6.45, 7) is 10.00. The van der Waals surface area contributed by atoms with Crippen LogP contribution in [0.4, 0.5) is 0 Å². The molecule has 0 aromatic carbocycles. The van der Waals surface area contributed by atoms with Crippen molar-refractivity contribution in [1.29, 1.82) is 0 Å². The van der Waals surface area contributed by atoms with E-state index < -0.39 is 0 Å². The zero-order valence-electron chi connectivity index (χ0n) is 8.80. The van der Waals surface area contributed by atoms with Crippen LogP contribution in [0.2, 0.25) is 0 Å². The molecule has 0 aliphatic rings. The first-order valence-corrected chi connectivity index (χ1v) is 4.90. The van der Waals surface area contributed by atoms with Crippen molar-refractivity contribution in [2.75, 3.05) is 13.2 Å². The second-order valence-electron chi connectivity index (χ2n) is 3.39. The van der Waals surface area contributed by atoms with Crippen molar-refractivity contribution in [2.45, 2.75) is 52.7 Å². The first-order chi connectivity index (χ1) is 5.66. The molecule has 0 aliphatic carbocycles. The van der Waals surface area contributed by atoms with Gasteiger partial charge in [-0.3, -0.25) is 0 Å². The molecule has 0 radical (unpaired) electrons. The lowest BCUT2D eigenvalue weighted by molar-refractivity contribution is 0.0161. The van der Waals surface area contributed by atoms with E-state index in [0.717, 1.165) is 26.1 Å². The minimum absolute atomic E-state index is 0.336. The molecule has 0 fully saturated rings. The van der Waals surface area contributed by atoms with Crippen molar-refractivity contribution in [3.63, 3.8) is 0 Å². The Morgan fingerprint density at radius 1 is 1.00 bits per heavy atom. The van der Waals surface area contributed by atoms with Gasteiger partial charge >= 0.3 is 0 Å². The molecule has 1 unspecified atom stereocenters. The summed E-state index contributed by atoms with van der Waals surface area (Å²) in [6, 6.07) is 0. The summed E-state index contributed by atoms with van der Waals surface area (Å²) in [6.07, 6.45) is 2.76. The predicted molar refractivity (Wildman–Crippen MR) is 51.4 cm³/mol. The fourth-order valence-electron chi connectivity index (χ4n) is 0.872. The predicted octanol–water partition coefficient (Wildman–Crippen LogP) is 2.62. The molecule has 0 amide bonds. The smallest absolute Gasteiger partial charge is 0.0568 e. The Kier molecular flexibility index (Phi) is 7.51. The second kappa shape index (κ2) is 7.56. The number of ether oxygens (including phenoxy) is 2. The molecule has 0 bridgehead atoms. The number of hydrogen-bond donors (Lipinski definition) is 0. The van der Waals surface area contributed by atoms with Gasteiger partial charge in [0.15, 0.2) is 0 Å². The van der Waals surface area contributed by atoms with Crippen molar-refractivity contribution in [1.82, 2.24) is 0 Å². The van der Waals surface area contributed by atoms with Gasteiger partial charge in [0.1, 0.15) is 0 Å². The van der Waals surface area contributed by atoms with E-state index in [1.807, 2.05) is 0 Å². The molecule has 0 aromatic rings. The van der Waals surface area contributed by atoms with Crippen LogP contribution in [-0.4, -0.2) is 25.4 Å². The molecule has 12 heavy (non-hydrogen) atoms. The summed E-state index contributed by atoms with van der Waals surface area (Å²) < 4.78 is 10.9. The quantitative estimate of drug-likeness (QED) is 0.590. The van der Waals surface area contributed by atoms with Crippen LogP contribution in [0.25, 0.3) is 0 Å². The van der Waals surface area contributed by atoms with E-state index in [2.05, 4.69) is 27.7 Å². The molecule has 0 saturated heterocycles. The van der Waals surface area contributed by atoms with Crippen molar-refractivity contribution >= 4 is 0 Å². The SMILES string of the molecule is CCCOC(C)CCOC(C)C. The highest BCUT2D eigenvalue weighted by molar-refractivity contribution is 4.49. The summed E-state index contributed by atoms with van der Waals surface area (Å²) in [5.74, 6) is 0. The van der Waals surface area contributed by atoms with Crippen molar-refractivity contribution in [3.05, 3.63) is 0 Å². The third-order valence-electron chi connectivity index (χ3n) is 1.58. The third-order valence-corrected chi connectivity index (χ3v) is 1.58. The van der Waals surface area contributed by atoms with E-state index in [0.29, 0.717) is 12.2 Å². The zero-order chi connectivity index (χ0) is 9.40. The molecule has 0 spiro atoms. The van der Waals surface area contributed by atoms with Gasteiger partial charge in [-0.15, -0.1) is 0 Å². The van der Waals surface area contributed by atoms with Gasteiger partial charge in [-0.05, 0) is 33.6 Å². The second-order valence-corrected chi connectivity index (χ2v) is 3.39. The lowest BCUT2D eigenvalue weighted by Gasteiger charge is -2.13. The Morgan fingerprint density at radius 3 is 2.17 bits per heavy atom. The van der Waals surface area contributed by atoms with Gasteiger partial charge in [-0.25, -0.2) is 0 Å². The van der Waals surface area contributed by atoms with Gasteiger partial charge in [-0.1, -0.05) is 6.92 Å². The molecule has 74 valence electrons. The highest BCUT2D eigenvalue weighted by atomic mass is 16.5. The van der Waals surface area contributed by atoms with Crippen LogP contribution in [0.3, 0.4) is 0 Å². The third kappa shape index (κ3) is 8.02. The van der Waals surface area contributed by atoms with E-state index in [4.69, 9.17) is 9.47 Å². The standard InChI is InChI=1S/C10H22O2/c1-5-7-12-10(4)6-8-11-9(2)3/h9-10H,5-8H2,1-4H3. The summed E-state index contributed by atoms with van der Waals surface area (Å²) >= 11 is 0.